The summed E-state index contributed by atoms with van der Waals surface area (Å²) < 4.78 is 5.45. The molecule has 0 bridgehead atoms. The molecule has 0 aliphatic carbocycles. The summed E-state index contributed by atoms with van der Waals surface area (Å²) in [6, 6.07) is 5.23. The summed E-state index contributed by atoms with van der Waals surface area (Å²) in [6.07, 6.45) is 0. The van der Waals surface area contributed by atoms with Gasteiger partial charge in [-0.3, -0.25) is 0 Å². The summed E-state index contributed by atoms with van der Waals surface area (Å²) >= 11 is 2.00. The van der Waals surface area contributed by atoms with Crippen molar-refractivity contribution >= 4 is 41.7 Å². The van der Waals surface area contributed by atoms with Crippen molar-refractivity contribution in [2.75, 3.05) is 32.5 Å². The van der Waals surface area contributed by atoms with E-state index in [0.717, 1.165) is 42.7 Å². The summed E-state index contributed by atoms with van der Waals surface area (Å²) in [5, 5.41) is 13.4. The molecular weight excluding hydrogens is 437 g/mol. The number of halogens is 1. The van der Waals surface area contributed by atoms with Crippen molar-refractivity contribution in [3.05, 3.63) is 23.8 Å². The maximum absolute atomic E-state index is 10.0. The average molecular weight is 465 g/mol. The lowest BCUT2D eigenvalue weighted by Gasteiger charge is -2.39. The highest BCUT2D eigenvalue weighted by atomic mass is 127. The molecule has 2 N–H and O–H groups in total. The first-order chi connectivity index (χ1) is 10.9. The zero-order valence-corrected chi connectivity index (χ0v) is 18.0. The molecule has 1 heterocycles. The van der Waals surface area contributed by atoms with Crippen LogP contribution in [0, 0.1) is 0 Å². The molecule has 136 valence electrons. The fourth-order valence-electron chi connectivity index (χ4n) is 2.60. The molecule has 0 spiro atoms. The van der Waals surface area contributed by atoms with Crippen LogP contribution in [0.3, 0.4) is 0 Å². The minimum absolute atomic E-state index is 0. The standard InChI is InChI=1S/C17H27N3O2S.HI/c1-5-18-16(20-8-9-23-17(2,3)12-20)19-11-13-10-14(22-4)6-7-15(13)21;/h6-7,10,21H,5,8-9,11-12H2,1-4H3,(H,18,19);1H. The molecule has 0 aromatic heterocycles. The predicted molar refractivity (Wildman–Crippen MR) is 113 cm³/mol. The van der Waals surface area contributed by atoms with Gasteiger partial charge in [-0.25, -0.2) is 4.99 Å². The van der Waals surface area contributed by atoms with Gasteiger partial charge in [0.1, 0.15) is 11.5 Å². The highest BCUT2D eigenvalue weighted by Crippen LogP contribution is 2.29. The second-order valence-electron chi connectivity index (χ2n) is 6.19. The van der Waals surface area contributed by atoms with E-state index in [-0.39, 0.29) is 34.5 Å². The van der Waals surface area contributed by atoms with Gasteiger partial charge in [0, 0.05) is 35.7 Å². The van der Waals surface area contributed by atoms with Crippen LogP contribution in [0.25, 0.3) is 0 Å². The number of benzene rings is 1. The number of thioether (sulfide) groups is 1. The highest BCUT2D eigenvalue weighted by Gasteiger charge is 2.28. The van der Waals surface area contributed by atoms with Crippen molar-refractivity contribution in [3.63, 3.8) is 0 Å². The summed E-state index contributed by atoms with van der Waals surface area (Å²) in [5.41, 5.74) is 0.769. The van der Waals surface area contributed by atoms with Crippen molar-refractivity contribution in [1.29, 1.82) is 0 Å². The number of phenols is 1. The van der Waals surface area contributed by atoms with Gasteiger partial charge in [-0.15, -0.1) is 24.0 Å². The molecular formula is C17H28IN3O2S. The van der Waals surface area contributed by atoms with E-state index in [2.05, 4.69) is 31.0 Å². The van der Waals surface area contributed by atoms with Crippen molar-refractivity contribution in [3.8, 4) is 11.5 Å². The Morgan fingerprint density at radius 3 is 2.83 bits per heavy atom. The topological polar surface area (TPSA) is 57.1 Å². The van der Waals surface area contributed by atoms with Crippen LogP contribution >= 0.6 is 35.7 Å². The predicted octanol–water partition coefficient (Wildman–Crippen LogP) is 3.31. The molecule has 1 aliphatic rings. The van der Waals surface area contributed by atoms with Gasteiger partial charge in [0.15, 0.2) is 5.96 Å². The van der Waals surface area contributed by atoms with E-state index in [9.17, 15) is 5.11 Å². The van der Waals surface area contributed by atoms with E-state index >= 15 is 0 Å². The molecule has 1 saturated heterocycles. The Kier molecular flexibility index (Phi) is 8.49. The van der Waals surface area contributed by atoms with Crippen LogP contribution in [-0.4, -0.2) is 53.2 Å². The molecule has 0 radical (unpaired) electrons. The lowest BCUT2D eigenvalue weighted by Crippen LogP contribution is -2.50. The zero-order chi connectivity index (χ0) is 16.9. The normalized spacial score (nSPS) is 17.2. The highest BCUT2D eigenvalue weighted by molar-refractivity contribution is 14.0. The van der Waals surface area contributed by atoms with Gasteiger partial charge < -0.3 is 20.1 Å². The number of nitrogens with one attached hydrogen (secondary N) is 1. The number of rotatable bonds is 4. The molecule has 5 nitrogen and oxygen atoms in total. The third-order valence-electron chi connectivity index (χ3n) is 3.75. The minimum Gasteiger partial charge on any atom is -0.508 e. The molecule has 24 heavy (non-hydrogen) atoms. The molecule has 2 rings (SSSR count). The van der Waals surface area contributed by atoms with E-state index in [1.54, 1.807) is 19.2 Å². The molecule has 1 aromatic rings. The van der Waals surface area contributed by atoms with E-state index in [1.165, 1.54) is 0 Å². The Morgan fingerprint density at radius 2 is 2.21 bits per heavy atom. The van der Waals surface area contributed by atoms with Crippen molar-refractivity contribution in [2.45, 2.75) is 32.1 Å². The van der Waals surface area contributed by atoms with Crippen molar-refractivity contribution in [2.24, 2.45) is 4.99 Å². The fourth-order valence-corrected chi connectivity index (χ4v) is 3.71. The number of phenolic OH excluding ortho intramolecular Hbond substituents is 1. The Bertz CT molecular complexity index is 567. The lowest BCUT2D eigenvalue weighted by atomic mass is 10.2. The van der Waals surface area contributed by atoms with Gasteiger partial charge in [-0.2, -0.15) is 11.8 Å². The maximum Gasteiger partial charge on any atom is 0.194 e. The molecule has 0 amide bonds. The zero-order valence-electron chi connectivity index (χ0n) is 14.8. The van der Waals surface area contributed by atoms with Crippen LogP contribution in [-0.2, 0) is 6.54 Å². The van der Waals surface area contributed by atoms with Crippen LogP contribution in [0.1, 0.15) is 26.3 Å². The Hall–Kier alpha value is -0.830. The molecule has 0 unspecified atom stereocenters. The van der Waals surface area contributed by atoms with Gasteiger partial charge in [-0.1, -0.05) is 0 Å². The summed E-state index contributed by atoms with van der Waals surface area (Å²) in [6.45, 7) is 9.81. The number of ether oxygens (including phenoxy) is 1. The van der Waals surface area contributed by atoms with Crippen molar-refractivity contribution < 1.29 is 9.84 Å². The van der Waals surface area contributed by atoms with E-state index in [1.807, 2.05) is 17.8 Å². The fraction of sp³-hybridized carbons (Fsp3) is 0.588. The Balaban J connectivity index is 0.00000288. The largest absolute Gasteiger partial charge is 0.508 e. The van der Waals surface area contributed by atoms with Crippen LogP contribution < -0.4 is 10.1 Å². The van der Waals surface area contributed by atoms with Crippen LogP contribution in [0.4, 0.5) is 0 Å². The van der Waals surface area contributed by atoms with Gasteiger partial charge in [0.25, 0.3) is 0 Å². The average Bonchev–Trinajstić information content (AvgIpc) is 2.51. The Labute approximate surface area is 166 Å². The third kappa shape index (κ3) is 5.91. The summed E-state index contributed by atoms with van der Waals surface area (Å²) in [5.74, 6) is 2.98. The molecule has 0 atom stereocenters. The molecule has 7 heteroatoms. The molecule has 1 fully saturated rings. The third-order valence-corrected chi connectivity index (χ3v) is 5.04. The minimum atomic E-state index is 0. The van der Waals surface area contributed by atoms with E-state index in [4.69, 9.17) is 9.73 Å². The number of methoxy groups -OCH3 is 1. The monoisotopic (exact) mass is 465 g/mol. The number of hydrogen-bond acceptors (Lipinski definition) is 4. The quantitative estimate of drug-likeness (QED) is 0.406. The second kappa shape index (κ2) is 9.60. The number of aliphatic imine (C=N–C) groups is 1. The van der Waals surface area contributed by atoms with Gasteiger partial charge in [-0.05, 0) is 39.0 Å². The van der Waals surface area contributed by atoms with Gasteiger partial charge in [0.05, 0.1) is 13.7 Å². The molecule has 1 aliphatic heterocycles. The van der Waals surface area contributed by atoms with Crippen LogP contribution in [0.2, 0.25) is 0 Å². The molecule has 1 aromatic carbocycles. The SMILES string of the molecule is CCNC(=NCc1cc(OC)ccc1O)N1CCSC(C)(C)C1.I. The number of aromatic hydroxyl groups is 1. The summed E-state index contributed by atoms with van der Waals surface area (Å²) in [4.78, 5) is 7.02. The summed E-state index contributed by atoms with van der Waals surface area (Å²) in [7, 11) is 1.62. The first-order valence-electron chi connectivity index (χ1n) is 7.98. The van der Waals surface area contributed by atoms with Crippen LogP contribution in [0.15, 0.2) is 23.2 Å². The van der Waals surface area contributed by atoms with E-state index < -0.39 is 0 Å². The number of guanidine groups is 1. The number of nitrogens with zero attached hydrogens (tertiary/aromatic N) is 2. The Morgan fingerprint density at radius 1 is 1.46 bits per heavy atom. The maximum atomic E-state index is 10.0. The van der Waals surface area contributed by atoms with Gasteiger partial charge >= 0.3 is 0 Å². The lowest BCUT2D eigenvalue weighted by molar-refractivity contribution is 0.375. The van der Waals surface area contributed by atoms with Crippen LogP contribution in [0.5, 0.6) is 11.5 Å². The first-order valence-corrected chi connectivity index (χ1v) is 8.97. The smallest absolute Gasteiger partial charge is 0.194 e. The number of hydrogen-bond donors (Lipinski definition) is 2. The van der Waals surface area contributed by atoms with Gasteiger partial charge in [0.2, 0.25) is 0 Å². The molecule has 0 saturated carbocycles. The van der Waals surface area contributed by atoms with Crippen molar-refractivity contribution in [1.82, 2.24) is 10.2 Å². The van der Waals surface area contributed by atoms with E-state index in [0.29, 0.717) is 6.54 Å². The second-order valence-corrected chi connectivity index (χ2v) is 8.00. The first kappa shape index (κ1) is 21.2.